The van der Waals surface area contributed by atoms with Gasteiger partial charge in [0, 0.05) is 47.1 Å². The molecule has 0 saturated carbocycles. The average Bonchev–Trinajstić information content (AvgIpc) is 0.776. The van der Waals surface area contributed by atoms with Crippen LogP contribution in [0.4, 0.5) is 0 Å². The molecule has 29 unspecified atom stereocenters. The number of carbonyl (C=O) groups is 16. The van der Waals surface area contributed by atoms with Gasteiger partial charge in [0.15, 0.2) is 25.2 Å². The number of nitrogens with one attached hydrogen (secondary N) is 12. The zero-order valence-electron chi connectivity index (χ0n) is 67.8. The van der Waals surface area contributed by atoms with Crippen molar-refractivity contribution in [2.75, 3.05) is 39.5 Å². The highest BCUT2D eigenvalue weighted by Gasteiger charge is 2.56. The largest absolute Gasteiger partial charge is 0.480 e. The summed E-state index contributed by atoms with van der Waals surface area (Å²) in [6, 6.07) is -17.1. The first kappa shape index (κ1) is 104. The van der Waals surface area contributed by atoms with Crippen LogP contribution in [0.25, 0.3) is 0 Å². The Labute approximate surface area is 692 Å². The van der Waals surface area contributed by atoms with Crippen LogP contribution in [0.5, 0.6) is 0 Å². The molecule has 0 bridgehead atoms. The fourth-order valence-corrected chi connectivity index (χ4v) is 13.2. The van der Waals surface area contributed by atoms with Gasteiger partial charge in [-0.15, -0.1) is 0 Å². The maximum Gasteiger partial charge on any atom is 0.326 e. The van der Waals surface area contributed by atoms with E-state index in [0.717, 1.165) is 34.6 Å². The monoisotopic (exact) mass is 1740 g/mol. The number of primary amides is 3. The minimum absolute atomic E-state index is 0.0373. The van der Waals surface area contributed by atoms with E-state index in [1.54, 1.807) is 0 Å². The van der Waals surface area contributed by atoms with Crippen LogP contribution >= 0.6 is 0 Å². The van der Waals surface area contributed by atoms with E-state index in [1.807, 2.05) is 0 Å². The van der Waals surface area contributed by atoms with Crippen LogP contribution in [0.2, 0.25) is 0 Å². The van der Waals surface area contributed by atoms with Gasteiger partial charge in [0.2, 0.25) is 88.6 Å². The summed E-state index contributed by atoms with van der Waals surface area (Å²) in [4.78, 5) is 207. The second kappa shape index (κ2) is 50.4. The molecule has 0 aliphatic carbocycles. The van der Waals surface area contributed by atoms with E-state index >= 15 is 0 Å². The van der Waals surface area contributed by atoms with Gasteiger partial charge in [0.05, 0.1) is 32.8 Å². The summed E-state index contributed by atoms with van der Waals surface area (Å²) in [5.41, 5.74) is 22.4. The topological polar surface area (TPSA) is 818 Å². The standard InChI is InChI=1S/C70H118N16O35/c1-26(76-63(107)28(3)114-56-48(80-32(7)93)67(112)116-41(24-89)54(56)120-69-46(78-30(5)91)52(100)50(98)39(22-87)118-69)61(105)84-34(58(72)102)15-17-43(95)82-36(13-9-11-19-71)65(109)86-38(60(74)104)21-45(97)75-20-12-10-14-37(66(110)111)83-44(96)18-16-35(59(73)103)85-62(106)27(2)77-64(108)29(4)115-57-49(81-33(8)94)68(113)117-42(25-90)55(57)121-70-47(79-31(6)92)53(101)51(99)40(23-88)119-70/h26-29,34-42,46-57,67-70,87-90,98-101,112-113H,9-25,71H2,1-8H3,(H2,72,102)(H2,73,103)(H2,74,104)(H,75,97)(H,76,107)(H,77,108)(H,78,91)(H,79,92)(H,80,93)(H,81,94)(H,82,95)(H,83,96)(H,84,105)(H,85,106)(H,86,109)(H,110,111). The Kier molecular flexibility index (Phi) is 43.3. The molecule has 0 spiro atoms. The second-order valence-corrected chi connectivity index (χ2v) is 29.3. The third-order valence-electron chi connectivity index (χ3n) is 19.6. The molecule has 29 atom stereocenters. The first-order valence-electron chi connectivity index (χ1n) is 38.9. The molecule has 0 aromatic carbocycles. The van der Waals surface area contributed by atoms with Gasteiger partial charge >= 0.3 is 5.97 Å². The van der Waals surface area contributed by atoms with Gasteiger partial charge in [0.25, 0.3) is 0 Å². The molecule has 51 nitrogen and oxygen atoms in total. The summed E-state index contributed by atoms with van der Waals surface area (Å²) < 4.78 is 46.5. The van der Waals surface area contributed by atoms with Crippen molar-refractivity contribution in [2.24, 2.45) is 22.9 Å². The Morgan fingerprint density at radius 2 is 0.736 bits per heavy atom. The van der Waals surface area contributed by atoms with Gasteiger partial charge in [-0.05, 0) is 85.6 Å². The molecular weight excluding hydrogens is 1620 g/mol. The third kappa shape index (κ3) is 32.2. The smallest absolute Gasteiger partial charge is 0.326 e. The number of carboxylic acids is 1. The maximum absolute atomic E-state index is 13.7. The Hall–Kier alpha value is -9.24. The lowest BCUT2D eigenvalue weighted by Crippen LogP contribution is -2.70. The normalized spacial score (nSPS) is 28.7. The number of rotatable bonds is 49. The Morgan fingerprint density at radius 1 is 0.380 bits per heavy atom. The van der Waals surface area contributed by atoms with Crippen molar-refractivity contribution in [3.05, 3.63) is 0 Å². The van der Waals surface area contributed by atoms with Gasteiger partial charge in [-0.2, -0.15) is 0 Å². The highest BCUT2D eigenvalue weighted by atomic mass is 16.7. The number of hydrogen-bond acceptors (Lipinski definition) is 35. The van der Waals surface area contributed by atoms with E-state index in [9.17, 15) is 133 Å². The van der Waals surface area contributed by atoms with Gasteiger partial charge in [-0.25, -0.2) is 4.79 Å². The van der Waals surface area contributed by atoms with Crippen molar-refractivity contribution < 1.29 is 171 Å². The van der Waals surface area contributed by atoms with Crippen LogP contribution in [0.3, 0.4) is 0 Å². The summed E-state index contributed by atoms with van der Waals surface area (Å²) in [6.45, 7) is 5.34. The molecule has 4 aliphatic heterocycles. The van der Waals surface area contributed by atoms with Gasteiger partial charge in [0.1, 0.15) is 152 Å². The summed E-state index contributed by atoms with van der Waals surface area (Å²) in [5.74, 6) is -15.8. The van der Waals surface area contributed by atoms with Crippen molar-refractivity contribution in [3.63, 3.8) is 0 Å². The minimum atomic E-state index is -1.95. The van der Waals surface area contributed by atoms with Crippen molar-refractivity contribution in [1.82, 2.24) is 63.8 Å². The lowest BCUT2D eigenvalue weighted by atomic mass is 9.94. The number of hydrogen-bond donors (Lipinski definition) is 27. The molecule has 31 N–H and O–H groups in total. The van der Waals surface area contributed by atoms with Crippen LogP contribution in [0, 0.1) is 0 Å². The number of carboxylic acid groups (broad SMARTS) is 1. The molecule has 688 valence electrons. The van der Waals surface area contributed by atoms with Crippen LogP contribution in [0.1, 0.15) is 126 Å². The van der Waals surface area contributed by atoms with E-state index in [-0.39, 0.29) is 45.2 Å². The first-order chi connectivity index (χ1) is 56.8. The number of ether oxygens (including phenoxy) is 8. The molecule has 4 heterocycles. The molecule has 121 heavy (non-hydrogen) atoms. The molecule has 0 aromatic heterocycles. The summed E-state index contributed by atoms with van der Waals surface area (Å²) in [5, 5.41) is 144. The predicted molar refractivity (Wildman–Crippen MR) is 403 cm³/mol. The molecular formula is C70H118N16O35. The van der Waals surface area contributed by atoms with Crippen LogP contribution in [-0.4, -0.2) is 367 Å². The Bertz CT molecular complexity index is 3520. The first-order valence-corrected chi connectivity index (χ1v) is 38.9. The molecule has 15 amide bonds. The van der Waals surface area contributed by atoms with E-state index in [0.29, 0.717) is 6.42 Å². The van der Waals surface area contributed by atoms with Crippen molar-refractivity contribution in [3.8, 4) is 0 Å². The third-order valence-corrected chi connectivity index (χ3v) is 19.6. The highest BCUT2D eigenvalue weighted by molar-refractivity contribution is 5.96. The van der Waals surface area contributed by atoms with Gasteiger partial charge in [-0.1, -0.05) is 0 Å². The summed E-state index contributed by atoms with van der Waals surface area (Å²) in [7, 11) is 0. The molecule has 0 radical (unpaired) electrons. The number of aliphatic carboxylic acids is 1. The van der Waals surface area contributed by atoms with Gasteiger partial charge in [-0.3, -0.25) is 71.9 Å². The number of aliphatic hydroxyl groups excluding tert-OH is 10. The number of aliphatic hydroxyl groups is 10. The summed E-state index contributed by atoms with van der Waals surface area (Å²) in [6.07, 6.45) is -33.2. The molecule has 4 fully saturated rings. The Morgan fingerprint density at radius 3 is 1.09 bits per heavy atom. The molecule has 4 saturated heterocycles. The fourth-order valence-electron chi connectivity index (χ4n) is 13.2. The van der Waals surface area contributed by atoms with Gasteiger partial charge < -0.3 is 181 Å². The Balaban J connectivity index is 1.28. The SMILES string of the molecule is CC(=O)NC1C(OC2C(CO)OC(O)C(NC(C)=O)C2OC(C)C(=O)NC(C)C(=O)NC(CCC(=O)NC(CCCCNC(=O)CC(NC(=O)C(CCCCN)NC(=O)CCC(NC(=O)C(C)NC(=O)C(C)OC2C(NC(C)=O)C(O)OC(CO)C2OC2OC(CO)C(O)C(O)C2NC(C)=O)C(N)=O)C(N)=O)C(=O)O)C(N)=O)OC(CO)C(O)C1O. The molecule has 51 heteroatoms. The van der Waals surface area contributed by atoms with Crippen LogP contribution in [0.15, 0.2) is 0 Å². The van der Waals surface area contributed by atoms with E-state index in [4.69, 9.17) is 60.8 Å². The second-order valence-electron chi connectivity index (χ2n) is 29.3. The van der Waals surface area contributed by atoms with Crippen molar-refractivity contribution in [1.29, 1.82) is 0 Å². The summed E-state index contributed by atoms with van der Waals surface area (Å²) >= 11 is 0. The van der Waals surface area contributed by atoms with Crippen molar-refractivity contribution in [2.45, 2.75) is 303 Å². The van der Waals surface area contributed by atoms with E-state index < -0.39 is 330 Å². The zero-order valence-corrected chi connectivity index (χ0v) is 67.8. The maximum atomic E-state index is 13.7. The van der Waals surface area contributed by atoms with Crippen LogP contribution < -0.4 is 86.7 Å². The zero-order chi connectivity index (χ0) is 91.1. The fraction of sp³-hybridized carbons (Fsp3) is 0.771. The number of nitrogens with two attached hydrogens (primary N) is 4. The predicted octanol–water partition coefficient (Wildman–Crippen LogP) is -15.0. The molecule has 4 aliphatic rings. The van der Waals surface area contributed by atoms with E-state index in [2.05, 4.69) is 63.8 Å². The highest BCUT2D eigenvalue weighted by Crippen LogP contribution is 2.34. The molecule has 0 aromatic rings. The number of amides is 15. The lowest BCUT2D eigenvalue weighted by molar-refractivity contribution is -0.333. The number of unbranched alkanes of at least 4 members (excludes halogenated alkanes) is 2. The number of carbonyl (C=O) groups excluding carboxylic acids is 15. The quantitative estimate of drug-likeness (QED) is 0.0252. The van der Waals surface area contributed by atoms with Crippen LogP contribution in [-0.2, 0) is 115 Å². The minimum Gasteiger partial charge on any atom is -0.480 e. The van der Waals surface area contributed by atoms with E-state index in [1.165, 1.54) is 20.8 Å². The molecule has 4 rings (SSSR count). The lowest BCUT2D eigenvalue weighted by Gasteiger charge is -2.48. The average molecular weight is 1740 g/mol. The van der Waals surface area contributed by atoms with Crippen molar-refractivity contribution >= 4 is 94.6 Å².